The van der Waals surface area contributed by atoms with Crippen molar-refractivity contribution in [1.82, 2.24) is 14.5 Å². The summed E-state index contributed by atoms with van der Waals surface area (Å²) in [5.41, 5.74) is 0. The molecule has 0 aliphatic carbocycles. The summed E-state index contributed by atoms with van der Waals surface area (Å²) in [6.45, 7) is 2.31. The highest BCUT2D eigenvalue weighted by molar-refractivity contribution is 7.89. The Hall–Kier alpha value is -1.61. The van der Waals surface area contributed by atoms with Crippen molar-refractivity contribution < 1.29 is 17.9 Å². The van der Waals surface area contributed by atoms with E-state index >= 15 is 0 Å². The zero-order chi connectivity index (χ0) is 15.5. The van der Waals surface area contributed by atoms with E-state index in [4.69, 9.17) is 4.74 Å². The number of carbonyl (C=O) groups excluding carboxylic acids is 1. The third-order valence-electron chi connectivity index (χ3n) is 3.59. The number of aromatic nitrogens is 2. The first-order valence-electron chi connectivity index (χ1n) is 6.84. The van der Waals surface area contributed by atoms with Crippen LogP contribution in [0.4, 0.5) is 5.82 Å². The van der Waals surface area contributed by atoms with Crippen molar-refractivity contribution in [1.29, 1.82) is 0 Å². The Kier molecular flexibility index (Phi) is 4.84. The highest BCUT2D eigenvalue weighted by atomic mass is 32.2. The number of piperidine rings is 1. The number of nitrogens with one attached hydrogen (secondary N) is 2. The molecule has 1 aliphatic heterocycles. The Morgan fingerprint density at radius 2 is 2.38 bits per heavy atom. The Morgan fingerprint density at radius 3 is 3.05 bits per heavy atom. The predicted molar refractivity (Wildman–Crippen MR) is 77.5 cm³/mol. The quantitative estimate of drug-likeness (QED) is 0.819. The van der Waals surface area contributed by atoms with Gasteiger partial charge in [0, 0.05) is 13.1 Å². The summed E-state index contributed by atoms with van der Waals surface area (Å²) in [4.78, 5) is 12.3. The third-order valence-corrected chi connectivity index (χ3v) is 5.43. The average Bonchev–Trinajstić information content (AvgIpc) is 2.94. The molecule has 0 bridgehead atoms. The Morgan fingerprint density at radius 1 is 1.62 bits per heavy atom. The van der Waals surface area contributed by atoms with E-state index in [2.05, 4.69) is 15.5 Å². The monoisotopic (exact) mass is 316 g/mol. The molecule has 118 valence electrons. The van der Waals surface area contributed by atoms with Crippen molar-refractivity contribution >= 4 is 21.7 Å². The lowest BCUT2D eigenvalue weighted by molar-refractivity contribution is -0.120. The highest BCUT2D eigenvalue weighted by Gasteiger charge is 2.31. The van der Waals surface area contributed by atoms with Crippen LogP contribution in [0.3, 0.4) is 0 Å². The molecule has 2 N–H and O–H groups in total. The lowest BCUT2D eigenvalue weighted by Crippen LogP contribution is -2.44. The number of ether oxygens (including phenoxy) is 1. The largest absolute Gasteiger partial charge is 0.491 e. The van der Waals surface area contributed by atoms with Crippen LogP contribution < -0.4 is 10.1 Å². The molecule has 8 nitrogen and oxygen atoms in total. The van der Waals surface area contributed by atoms with Crippen molar-refractivity contribution in [2.75, 3.05) is 31.3 Å². The van der Waals surface area contributed by atoms with Gasteiger partial charge in [-0.15, -0.1) is 0 Å². The SMILES string of the molecule is CCS(=O)(=O)N1CCCC(C(=O)Nc2[nH]ncc2OC)C1. The molecule has 2 rings (SSSR count). The number of nitrogens with zero attached hydrogens (tertiary/aromatic N) is 2. The Labute approximate surface area is 123 Å². The standard InChI is InChI=1S/C12H20N4O4S/c1-3-21(18,19)16-6-4-5-9(8-16)12(17)14-11-10(20-2)7-13-15-11/h7,9H,3-6,8H2,1-2H3,(H2,13,14,15,17). The Balaban J connectivity index is 2.03. The van der Waals surface area contributed by atoms with Gasteiger partial charge in [-0.1, -0.05) is 0 Å². The molecule has 9 heteroatoms. The maximum absolute atomic E-state index is 12.3. The summed E-state index contributed by atoms with van der Waals surface area (Å²) in [7, 11) is -1.77. The summed E-state index contributed by atoms with van der Waals surface area (Å²) in [6.07, 6.45) is 2.81. The minimum atomic E-state index is -3.25. The normalized spacial score (nSPS) is 20.2. The number of anilines is 1. The van der Waals surface area contributed by atoms with Crippen LogP contribution in [0.15, 0.2) is 6.20 Å². The maximum Gasteiger partial charge on any atom is 0.230 e. The number of carbonyl (C=O) groups is 1. The second kappa shape index (κ2) is 6.44. The smallest absolute Gasteiger partial charge is 0.230 e. The minimum Gasteiger partial charge on any atom is -0.491 e. The van der Waals surface area contributed by atoms with Crippen LogP contribution in [-0.2, 0) is 14.8 Å². The van der Waals surface area contributed by atoms with Gasteiger partial charge in [0.2, 0.25) is 15.9 Å². The van der Waals surface area contributed by atoms with Gasteiger partial charge in [-0.25, -0.2) is 12.7 Å². The molecular formula is C12H20N4O4S. The molecule has 0 spiro atoms. The number of H-pyrrole nitrogens is 1. The fourth-order valence-electron chi connectivity index (χ4n) is 2.34. The molecule has 1 aliphatic rings. The number of hydrogen-bond acceptors (Lipinski definition) is 5. The average molecular weight is 316 g/mol. The van der Waals surface area contributed by atoms with Crippen LogP contribution in [0.2, 0.25) is 0 Å². The van der Waals surface area contributed by atoms with Gasteiger partial charge in [-0.2, -0.15) is 5.10 Å². The van der Waals surface area contributed by atoms with Crippen LogP contribution >= 0.6 is 0 Å². The number of methoxy groups -OCH3 is 1. The third kappa shape index (κ3) is 3.53. The summed E-state index contributed by atoms with van der Waals surface area (Å²) < 4.78 is 30.2. The second-order valence-corrected chi connectivity index (χ2v) is 7.16. The van der Waals surface area contributed by atoms with Gasteiger partial charge >= 0.3 is 0 Å². The second-order valence-electron chi connectivity index (χ2n) is 4.90. The summed E-state index contributed by atoms with van der Waals surface area (Å²) in [5, 5.41) is 9.13. The Bertz CT molecular complexity index is 598. The van der Waals surface area contributed by atoms with E-state index in [1.54, 1.807) is 6.92 Å². The van der Waals surface area contributed by atoms with Crippen molar-refractivity contribution in [3.8, 4) is 5.75 Å². The molecule has 0 radical (unpaired) electrons. The number of rotatable bonds is 5. The molecule has 2 heterocycles. The zero-order valence-electron chi connectivity index (χ0n) is 12.1. The first-order chi connectivity index (χ1) is 9.97. The number of sulfonamides is 1. The van der Waals surface area contributed by atoms with E-state index < -0.39 is 10.0 Å². The van der Waals surface area contributed by atoms with Gasteiger partial charge in [0.25, 0.3) is 0 Å². The van der Waals surface area contributed by atoms with E-state index in [0.717, 1.165) is 0 Å². The predicted octanol–water partition coefficient (Wildman–Crippen LogP) is 0.418. The van der Waals surface area contributed by atoms with Crippen LogP contribution in [0.25, 0.3) is 0 Å². The van der Waals surface area contributed by atoms with Gasteiger partial charge < -0.3 is 10.1 Å². The highest BCUT2D eigenvalue weighted by Crippen LogP contribution is 2.24. The molecule has 1 aromatic rings. The lowest BCUT2D eigenvalue weighted by atomic mass is 9.99. The molecule has 1 atom stereocenters. The number of hydrogen-bond donors (Lipinski definition) is 2. The fraction of sp³-hybridized carbons (Fsp3) is 0.667. The van der Waals surface area contributed by atoms with E-state index in [1.165, 1.54) is 17.6 Å². The fourth-order valence-corrected chi connectivity index (χ4v) is 3.52. The molecule has 21 heavy (non-hydrogen) atoms. The summed E-state index contributed by atoms with van der Waals surface area (Å²) in [6, 6.07) is 0. The topological polar surface area (TPSA) is 104 Å². The van der Waals surface area contributed by atoms with Gasteiger partial charge in [0.15, 0.2) is 11.6 Å². The van der Waals surface area contributed by atoms with Crippen LogP contribution in [0, 0.1) is 5.92 Å². The first-order valence-corrected chi connectivity index (χ1v) is 8.45. The van der Waals surface area contributed by atoms with Crippen molar-refractivity contribution in [3.63, 3.8) is 0 Å². The van der Waals surface area contributed by atoms with E-state index in [9.17, 15) is 13.2 Å². The van der Waals surface area contributed by atoms with Gasteiger partial charge in [0.1, 0.15) is 0 Å². The molecule has 1 aromatic heterocycles. The van der Waals surface area contributed by atoms with Gasteiger partial charge in [-0.05, 0) is 19.8 Å². The molecular weight excluding hydrogens is 296 g/mol. The van der Waals surface area contributed by atoms with Crippen molar-refractivity contribution in [2.24, 2.45) is 5.92 Å². The number of aromatic amines is 1. The van der Waals surface area contributed by atoms with E-state index in [0.29, 0.717) is 31.0 Å². The lowest BCUT2D eigenvalue weighted by Gasteiger charge is -2.30. The van der Waals surface area contributed by atoms with Crippen molar-refractivity contribution in [2.45, 2.75) is 19.8 Å². The first kappa shape index (κ1) is 15.8. The minimum absolute atomic E-state index is 0.0513. The molecule has 1 unspecified atom stereocenters. The van der Waals surface area contributed by atoms with Crippen LogP contribution in [-0.4, -0.2) is 54.8 Å². The zero-order valence-corrected chi connectivity index (χ0v) is 12.9. The van der Waals surface area contributed by atoms with Crippen LogP contribution in [0.5, 0.6) is 5.75 Å². The van der Waals surface area contributed by atoms with Crippen LogP contribution in [0.1, 0.15) is 19.8 Å². The van der Waals surface area contributed by atoms with Crippen molar-refractivity contribution in [3.05, 3.63) is 6.20 Å². The van der Waals surface area contributed by atoms with Gasteiger partial charge in [-0.3, -0.25) is 9.89 Å². The maximum atomic E-state index is 12.3. The van der Waals surface area contributed by atoms with E-state index in [1.807, 2.05) is 0 Å². The molecule has 0 saturated carbocycles. The molecule has 1 amide bonds. The number of amides is 1. The summed E-state index contributed by atoms with van der Waals surface area (Å²) >= 11 is 0. The molecule has 1 saturated heterocycles. The molecule has 0 aromatic carbocycles. The van der Waals surface area contributed by atoms with Gasteiger partial charge in [0.05, 0.1) is 25.0 Å². The van der Waals surface area contributed by atoms with E-state index in [-0.39, 0.29) is 24.1 Å². The summed E-state index contributed by atoms with van der Waals surface area (Å²) in [5.74, 6) is 0.284. The molecule has 1 fully saturated rings.